The monoisotopic (exact) mass is 201 g/mol. The fraction of sp³-hybridized carbons (Fsp3) is 1.00. The summed E-state index contributed by atoms with van der Waals surface area (Å²) in [5.74, 6) is 0.358. The molecule has 0 unspecified atom stereocenters. The van der Waals surface area contributed by atoms with E-state index in [0.717, 1.165) is 38.9 Å². The third-order valence-electron chi connectivity index (χ3n) is 3.20. The van der Waals surface area contributed by atoms with E-state index in [-0.39, 0.29) is 0 Å². The van der Waals surface area contributed by atoms with Gasteiger partial charge >= 0.3 is 0 Å². The average Bonchev–Trinajstić information content (AvgIpc) is 2.08. The normalized spacial score (nSPS) is 21.2. The molecule has 1 saturated heterocycles. The number of rotatable bonds is 6. The van der Waals surface area contributed by atoms with Gasteiger partial charge in [-0.1, -0.05) is 13.8 Å². The number of aliphatic hydroxyl groups excluding tert-OH is 1. The van der Waals surface area contributed by atoms with Gasteiger partial charge < -0.3 is 10.2 Å². The van der Waals surface area contributed by atoms with Crippen molar-refractivity contribution in [3.8, 4) is 0 Å². The molecule has 1 heterocycles. The summed E-state index contributed by atoms with van der Waals surface area (Å²) >= 11 is 0. The van der Waals surface area contributed by atoms with E-state index < -0.39 is 5.60 Å². The van der Waals surface area contributed by atoms with Gasteiger partial charge in [0.1, 0.15) is 0 Å². The summed E-state index contributed by atoms with van der Waals surface area (Å²) in [5.41, 5.74) is -0.434. The highest BCUT2D eigenvalue weighted by atomic mass is 16.3. The predicted octanol–water partition coefficient (Wildman–Crippen LogP) is 0.852. The number of hydrogen-bond acceptors (Lipinski definition) is 3. The largest absolute Gasteiger partial charge is 0.396 e. The van der Waals surface area contributed by atoms with Crippen LogP contribution in [-0.2, 0) is 0 Å². The van der Waals surface area contributed by atoms with Gasteiger partial charge in [0.2, 0.25) is 0 Å². The van der Waals surface area contributed by atoms with Crippen molar-refractivity contribution in [1.29, 1.82) is 0 Å². The molecule has 0 aromatic carbocycles. The summed E-state index contributed by atoms with van der Waals surface area (Å²) in [6.45, 7) is 7.16. The van der Waals surface area contributed by atoms with E-state index >= 15 is 0 Å². The zero-order valence-electron chi connectivity index (χ0n) is 9.37. The molecule has 84 valence electrons. The van der Waals surface area contributed by atoms with E-state index in [1.54, 1.807) is 0 Å². The first-order valence-corrected chi connectivity index (χ1v) is 5.64. The summed E-state index contributed by atoms with van der Waals surface area (Å²) < 4.78 is 0. The Hall–Kier alpha value is -0.120. The summed E-state index contributed by atoms with van der Waals surface area (Å²) in [4.78, 5) is 2.29. The van der Waals surface area contributed by atoms with Crippen molar-refractivity contribution < 1.29 is 10.2 Å². The molecule has 0 spiro atoms. The minimum absolute atomic E-state index is 0.302. The molecule has 3 heteroatoms. The second kappa shape index (κ2) is 5.10. The maximum absolute atomic E-state index is 9.98. The molecule has 0 radical (unpaired) electrons. The zero-order valence-corrected chi connectivity index (χ0v) is 9.37. The molecule has 2 N–H and O–H groups in total. The average molecular weight is 201 g/mol. The van der Waals surface area contributed by atoms with E-state index in [1.165, 1.54) is 0 Å². The van der Waals surface area contributed by atoms with Gasteiger partial charge in [0.15, 0.2) is 0 Å². The molecule has 1 aliphatic heterocycles. The zero-order chi connectivity index (χ0) is 10.6. The lowest BCUT2D eigenvalue weighted by Gasteiger charge is -2.49. The Morgan fingerprint density at radius 2 is 1.86 bits per heavy atom. The quantitative estimate of drug-likeness (QED) is 0.626. The van der Waals surface area contributed by atoms with Crippen LogP contribution < -0.4 is 0 Å². The van der Waals surface area contributed by atoms with Gasteiger partial charge in [0.25, 0.3) is 0 Å². The van der Waals surface area contributed by atoms with Crippen LogP contribution in [0, 0.1) is 5.92 Å². The smallest absolute Gasteiger partial charge is 0.0922 e. The van der Waals surface area contributed by atoms with E-state index in [4.69, 9.17) is 5.11 Å². The first-order valence-electron chi connectivity index (χ1n) is 5.64. The Bertz CT molecular complexity index is 165. The van der Waals surface area contributed by atoms with Gasteiger partial charge in [0, 0.05) is 19.7 Å². The van der Waals surface area contributed by atoms with Crippen molar-refractivity contribution in [1.82, 2.24) is 4.90 Å². The predicted molar refractivity (Wildman–Crippen MR) is 57.2 cm³/mol. The van der Waals surface area contributed by atoms with Crippen LogP contribution in [-0.4, -0.2) is 47.0 Å². The van der Waals surface area contributed by atoms with Gasteiger partial charge in [-0.2, -0.15) is 0 Å². The number of aliphatic hydroxyl groups is 2. The lowest BCUT2D eigenvalue weighted by Crippen LogP contribution is -2.64. The molecule has 0 atom stereocenters. The summed E-state index contributed by atoms with van der Waals surface area (Å²) in [7, 11) is 0. The number of hydrogen-bond donors (Lipinski definition) is 2. The van der Waals surface area contributed by atoms with Crippen molar-refractivity contribution in [2.45, 2.75) is 38.7 Å². The van der Waals surface area contributed by atoms with Crippen molar-refractivity contribution in [2.75, 3.05) is 26.2 Å². The van der Waals surface area contributed by atoms with Gasteiger partial charge in [-0.3, -0.25) is 4.90 Å². The van der Waals surface area contributed by atoms with Crippen molar-refractivity contribution in [3.63, 3.8) is 0 Å². The van der Waals surface area contributed by atoms with E-state index in [2.05, 4.69) is 18.7 Å². The molecule has 0 aromatic heterocycles. The van der Waals surface area contributed by atoms with E-state index in [0.29, 0.717) is 12.5 Å². The molecule has 1 aliphatic rings. The number of unbranched alkanes of at least 4 members (excludes halogenated alkanes) is 2. The van der Waals surface area contributed by atoms with Crippen LogP contribution in [0.25, 0.3) is 0 Å². The molecule has 0 aromatic rings. The van der Waals surface area contributed by atoms with Crippen molar-refractivity contribution in [3.05, 3.63) is 0 Å². The first kappa shape index (κ1) is 12.0. The minimum Gasteiger partial charge on any atom is -0.396 e. The molecule has 0 bridgehead atoms. The fourth-order valence-electron chi connectivity index (χ4n) is 1.88. The third kappa shape index (κ3) is 2.94. The van der Waals surface area contributed by atoms with Crippen LogP contribution >= 0.6 is 0 Å². The molecule has 0 amide bonds. The second-order valence-electron chi connectivity index (χ2n) is 4.75. The lowest BCUT2D eigenvalue weighted by molar-refractivity contribution is -0.127. The van der Waals surface area contributed by atoms with Crippen LogP contribution in [0.15, 0.2) is 0 Å². The van der Waals surface area contributed by atoms with Crippen LogP contribution in [0.3, 0.4) is 0 Å². The van der Waals surface area contributed by atoms with E-state index in [1.807, 2.05) is 0 Å². The molecule has 14 heavy (non-hydrogen) atoms. The first-order chi connectivity index (χ1) is 6.58. The Labute approximate surface area is 86.7 Å². The van der Waals surface area contributed by atoms with E-state index in [9.17, 15) is 5.11 Å². The Balaban J connectivity index is 2.04. The summed E-state index contributed by atoms with van der Waals surface area (Å²) in [6.07, 6.45) is 3.13. The van der Waals surface area contributed by atoms with Crippen molar-refractivity contribution in [2.24, 2.45) is 5.92 Å². The maximum Gasteiger partial charge on any atom is 0.0922 e. The highest BCUT2D eigenvalue weighted by Gasteiger charge is 2.42. The number of likely N-dealkylation sites (tertiary alicyclic amines) is 1. The van der Waals surface area contributed by atoms with Crippen LogP contribution in [0.2, 0.25) is 0 Å². The number of nitrogens with zero attached hydrogens (tertiary/aromatic N) is 1. The molecule has 3 nitrogen and oxygen atoms in total. The maximum atomic E-state index is 9.98. The Kier molecular flexibility index (Phi) is 4.35. The lowest BCUT2D eigenvalue weighted by atomic mass is 9.83. The van der Waals surface area contributed by atoms with Crippen LogP contribution in [0.5, 0.6) is 0 Å². The number of β-amino-alcohol motifs (C(OH)–C–C–N with tert-alkyl or cyclic N) is 1. The molecule has 0 aliphatic carbocycles. The molecular weight excluding hydrogens is 178 g/mol. The summed E-state index contributed by atoms with van der Waals surface area (Å²) in [6, 6.07) is 0. The standard InChI is InChI=1S/C11H23NO2/c1-10(2)11(14)8-12(9-11)6-4-3-5-7-13/h10,13-14H,3-9H2,1-2H3. The molecule has 1 rings (SSSR count). The van der Waals surface area contributed by atoms with Gasteiger partial charge in [0.05, 0.1) is 5.60 Å². The van der Waals surface area contributed by atoms with Gasteiger partial charge in [-0.15, -0.1) is 0 Å². The highest BCUT2D eigenvalue weighted by molar-refractivity contribution is 4.97. The third-order valence-corrected chi connectivity index (χ3v) is 3.20. The molecule has 1 fully saturated rings. The Morgan fingerprint density at radius 1 is 1.21 bits per heavy atom. The van der Waals surface area contributed by atoms with Crippen LogP contribution in [0.4, 0.5) is 0 Å². The highest BCUT2D eigenvalue weighted by Crippen LogP contribution is 2.28. The van der Waals surface area contributed by atoms with Gasteiger partial charge in [-0.25, -0.2) is 0 Å². The van der Waals surface area contributed by atoms with Crippen LogP contribution in [0.1, 0.15) is 33.1 Å². The second-order valence-corrected chi connectivity index (χ2v) is 4.75. The molecular formula is C11H23NO2. The topological polar surface area (TPSA) is 43.7 Å². The van der Waals surface area contributed by atoms with Crippen molar-refractivity contribution >= 4 is 0 Å². The van der Waals surface area contributed by atoms with Gasteiger partial charge in [-0.05, 0) is 31.7 Å². The fourth-order valence-corrected chi connectivity index (χ4v) is 1.88. The Morgan fingerprint density at radius 3 is 2.36 bits per heavy atom. The minimum atomic E-state index is -0.434. The molecule has 0 saturated carbocycles. The SMILES string of the molecule is CC(C)C1(O)CN(CCCCCO)C1. The summed E-state index contributed by atoms with van der Waals surface area (Å²) in [5, 5.41) is 18.6.